The fraction of sp³-hybridized carbons (Fsp3) is 0.562. The molecule has 0 saturated heterocycles. The van der Waals surface area contributed by atoms with Gasteiger partial charge in [-0.05, 0) is 29.4 Å². The summed E-state index contributed by atoms with van der Waals surface area (Å²) >= 11 is 0. The minimum absolute atomic E-state index is 0.139. The second-order valence-electron chi connectivity index (χ2n) is 5.87. The van der Waals surface area contributed by atoms with Gasteiger partial charge < -0.3 is 4.74 Å². The first-order chi connectivity index (χ1) is 9.06. The lowest BCUT2D eigenvalue weighted by Gasteiger charge is -2.42. The molecular formula is C16H22N2O. The molecule has 3 heteroatoms. The van der Waals surface area contributed by atoms with E-state index in [0.717, 1.165) is 18.4 Å². The number of hydrogen-bond acceptors (Lipinski definition) is 3. The van der Waals surface area contributed by atoms with E-state index in [1.165, 1.54) is 5.56 Å². The predicted octanol–water partition coefficient (Wildman–Crippen LogP) is 2.71. The van der Waals surface area contributed by atoms with Crippen molar-refractivity contribution in [1.82, 2.24) is 5.32 Å². The number of nitrogens with zero attached hydrogens (tertiary/aromatic N) is 1. The van der Waals surface area contributed by atoms with Crippen molar-refractivity contribution >= 4 is 0 Å². The molecule has 0 heterocycles. The number of fused-ring (bicyclic) bond motifs is 1. The molecule has 1 aliphatic carbocycles. The van der Waals surface area contributed by atoms with E-state index in [4.69, 9.17) is 4.74 Å². The molecule has 1 aromatic carbocycles. The summed E-state index contributed by atoms with van der Waals surface area (Å²) in [5.74, 6) is 0. The Morgan fingerprint density at radius 3 is 2.58 bits per heavy atom. The van der Waals surface area contributed by atoms with Gasteiger partial charge in [-0.25, -0.2) is 0 Å². The maximum absolute atomic E-state index is 9.70. The summed E-state index contributed by atoms with van der Waals surface area (Å²) in [5.41, 5.74) is 1.99. The van der Waals surface area contributed by atoms with E-state index in [9.17, 15) is 5.26 Å². The van der Waals surface area contributed by atoms with Gasteiger partial charge in [0.05, 0.1) is 12.7 Å². The molecule has 2 rings (SSSR count). The Labute approximate surface area is 115 Å². The lowest BCUT2D eigenvalue weighted by Crippen LogP contribution is -2.48. The molecule has 1 atom stereocenters. The van der Waals surface area contributed by atoms with Crippen LogP contribution in [-0.2, 0) is 15.7 Å². The number of nitriles is 1. The summed E-state index contributed by atoms with van der Waals surface area (Å²) in [6.07, 6.45) is 1.86. The van der Waals surface area contributed by atoms with Crippen LogP contribution in [0.15, 0.2) is 24.3 Å². The second kappa shape index (κ2) is 5.32. The van der Waals surface area contributed by atoms with Gasteiger partial charge in [0.1, 0.15) is 5.54 Å². The first kappa shape index (κ1) is 14.0. The number of rotatable bonds is 4. The fourth-order valence-corrected chi connectivity index (χ4v) is 2.92. The van der Waals surface area contributed by atoms with Crippen LogP contribution in [0.5, 0.6) is 0 Å². The Bertz CT molecular complexity index is 490. The van der Waals surface area contributed by atoms with E-state index >= 15 is 0 Å². The van der Waals surface area contributed by atoms with E-state index in [1.54, 1.807) is 7.11 Å². The SMILES string of the molecule is COCCNC1(C#N)CCC(C)(C)c2ccccc21. The average Bonchev–Trinajstić information content (AvgIpc) is 2.42. The molecule has 3 nitrogen and oxygen atoms in total. The molecule has 1 N–H and O–H groups in total. The number of ether oxygens (including phenoxy) is 1. The Morgan fingerprint density at radius 1 is 1.26 bits per heavy atom. The predicted molar refractivity (Wildman–Crippen MR) is 75.9 cm³/mol. The van der Waals surface area contributed by atoms with E-state index in [-0.39, 0.29) is 5.41 Å². The van der Waals surface area contributed by atoms with Gasteiger partial charge >= 0.3 is 0 Å². The molecule has 1 unspecified atom stereocenters. The summed E-state index contributed by atoms with van der Waals surface area (Å²) < 4.78 is 5.08. The van der Waals surface area contributed by atoms with Gasteiger partial charge in [0.2, 0.25) is 0 Å². The van der Waals surface area contributed by atoms with E-state index in [1.807, 2.05) is 6.07 Å². The van der Waals surface area contributed by atoms with E-state index in [0.29, 0.717) is 13.2 Å². The van der Waals surface area contributed by atoms with Gasteiger partial charge in [0.15, 0.2) is 0 Å². The lowest BCUT2D eigenvalue weighted by molar-refractivity contribution is 0.184. The summed E-state index contributed by atoms with van der Waals surface area (Å²) in [7, 11) is 1.68. The van der Waals surface area contributed by atoms with Crippen molar-refractivity contribution in [3.8, 4) is 6.07 Å². The second-order valence-corrected chi connectivity index (χ2v) is 5.87. The number of hydrogen-bond donors (Lipinski definition) is 1. The molecule has 1 aliphatic rings. The van der Waals surface area contributed by atoms with E-state index < -0.39 is 5.54 Å². The first-order valence-electron chi connectivity index (χ1n) is 6.81. The van der Waals surface area contributed by atoms with Gasteiger partial charge in [0, 0.05) is 13.7 Å². The van der Waals surface area contributed by atoms with Crippen LogP contribution in [0.1, 0.15) is 37.8 Å². The smallest absolute Gasteiger partial charge is 0.132 e. The van der Waals surface area contributed by atoms with Crippen LogP contribution in [0.4, 0.5) is 0 Å². The lowest BCUT2D eigenvalue weighted by atomic mass is 9.66. The standard InChI is InChI=1S/C16H22N2O/c1-15(2)8-9-16(12-17,18-10-11-19-3)14-7-5-4-6-13(14)15/h4-7,18H,8-11H2,1-3H3. The third kappa shape index (κ3) is 2.51. The van der Waals surface area contributed by atoms with Crippen LogP contribution >= 0.6 is 0 Å². The zero-order valence-corrected chi connectivity index (χ0v) is 12.0. The van der Waals surface area contributed by atoms with Crippen LogP contribution in [0.25, 0.3) is 0 Å². The largest absolute Gasteiger partial charge is 0.383 e. The molecular weight excluding hydrogens is 236 g/mol. The van der Waals surface area contributed by atoms with Gasteiger partial charge in [-0.15, -0.1) is 0 Å². The summed E-state index contributed by atoms with van der Waals surface area (Å²) in [4.78, 5) is 0. The van der Waals surface area contributed by atoms with Crippen molar-refractivity contribution in [3.63, 3.8) is 0 Å². The highest BCUT2D eigenvalue weighted by Gasteiger charge is 2.42. The summed E-state index contributed by atoms with van der Waals surface area (Å²) in [6, 6.07) is 10.8. The molecule has 102 valence electrons. The number of methoxy groups -OCH3 is 1. The molecule has 0 spiro atoms. The Balaban J connectivity index is 2.39. The Morgan fingerprint density at radius 2 is 1.95 bits per heavy atom. The molecule has 0 amide bonds. The van der Waals surface area contributed by atoms with Crippen LogP contribution in [0.2, 0.25) is 0 Å². The fourth-order valence-electron chi connectivity index (χ4n) is 2.92. The molecule has 0 saturated carbocycles. The van der Waals surface area contributed by atoms with Crippen molar-refractivity contribution in [2.24, 2.45) is 0 Å². The van der Waals surface area contributed by atoms with Crippen LogP contribution in [0.3, 0.4) is 0 Å². The third-order valence-corrected chi connectivity index (χ3v) is 4.16. The zero-order chi connectivity index (χ0) is 13.9. The molecule has 1 aromatic rings. The number of benzene rings is 1. The normalized spacial score (nSPS) is 24.5. The molecule has 0 aliphatic heterocycles. The van der Waals surface area contributed by atoms with Gasteiger partial charge in [-0.3, -0.25) is 5.32 Å². The van der Waals surface area contributed by atoms with Gasteiger partial charge in [-0.2, -0.15) is 5.26 Å². The average molecular weight is 258 g/mol. The molecule has 0 fully saturated rings. The van der Waals surface area contributed by atoms with Crippen molar-refractivity contribution in [3.05, 3.63) is 35.4 Å². The van der Waals surface area contributed by atoms with Crippen LogP contribution in [0, 0.1) is 11.3 Å². The minimum atomic E-state index is -0.565. The number of nitrogens with one attached hydrogen (secondary N) is 1. The van der Waals surface area contributed by atoms with Crippen molar-refractivity contribution in [2.45, 2.75) is 37.6 Å². The third-order valence-electron chi connectivity index (χ3n) is 4.16. The topological polar surface area (TPSA) is 45.0 Å². The Kier molecular flexibility index (Phi) is 3.93. The highest BCUT2D eigenvalue weighted by Crippen LogP contribution is 2.44. The Hall–Kier alpha value is -1.37. The van der Waals surface area contributed by atoms with Crippen molar-refractivity contribution < 1.29 is 4.74 Å². The molecule has 0 bridgehead atoms. The maximum atomic E-state index is 9.70. The van der Waals surface area contributed by atoms with Crippen molar-refractivity contribution in [2.75, 3.05) is 20.3 Å². The summed E-state index contributed by atoms with van der Waals surface area (Å²) in [6.45, 7) is 5.82. The monoisotopic (exact) mass is 258 g/mol. The quantitative estimate of drug-likeness (QED) is 0.845. The van der Waals surface area contributed by atoms with Crippen molar-refractivity contribution in [1.29, 1.82) is 5.26 Å². The minimum Gasteiger partial charge on any atom is -0.383 e. The first-order valence-corrected chi connectivity index (χ1v) is 6.81. The summed E-state index contributed by atoms with van der Waals surface area (Å²) in [5, 5.41) is 13.1. The van der Waals surface area contributed by atoms with E-state index in [2.05, 4.69) is 43.4 Å². The van der Waals surface area contributed by atoms with Crippen LogP contribution in [-0.4, -0.2) is 20.3 Å². The molecule has 0 radical (unpaired) electrons. The highest BCUT2D eigenvalue weighted by atomic mass is 16.5. The molecule has 19 heavy (non-hydrogen) atoms. The van der Waals surface area contributed by atoms with Crippen LogP contribution < -0.4 is 5.32 Å². The highest BCUT2D eigenvalue weighted by molar-refractivity contribution is 5.45. The molecule has 0 aromatic heterocycles. The maximum Gasteiger partial charge on any atom is 0.132 e. The van der Waals surface area contributed by atoms with Gasteiger partial charge in [-0.1, -0.05) is 38.1 Å². The van der Waals surface area contributed by atoms with Gasteiger partial charge in [0.25, 0.3) is 0 Å². The zero-order valence-electron chi connectivity index (χ0n) is 12.0.